The van der Waals surface area contributed by atoms with Crippen LogP contribution in [0.2, 0.25) is 0 Å². The minimum Gasteiger partial charge on any atom is -0.383 e. The molecule has 0 unspecified atom stereocenters. The van der Waals surface area contributed by atoms with Gasteiger partial charge in [0.25, 0.3) is 0 Å². The predicted octanol–water partition coefficient (Wildman–Crippen LogP) is 2.68. The molecule has 2 aromatic heterocycles. The summed E-state index contributed by atoms with van der Waals surface area (Å²) in [6.07, 6.45) is 3.18. The Morgan fingerprint density at radius 1 is 1.42 bits per heavy atom. The normalized spacial score (nSPS) is 10.7. The van der Waals surface area contributed by atoms with Crippen LogP contribution in [0.25, 0.3) is 0 Å². The van der Waals surface area contributed by atoms with Gasteiger partial charge in [0.2, 0.25) is 5.78 Å². The van der Waals surface area contributed by atoms with Crippen molar-refractivity contribution in [1.29, 1.82) is 0 Å². The van der Waals surface area contributed by atoms with E-state index in [2.05, 4.69) is 41.9 Å². The van der Waals surface area contributed by atoms with Crippen LogP contribution in [0.3, 0.4) is 0 Å². The molecule has 0 saturated heterocycles. The van der Waals surface area contributed by atoms with Gasteiger partial charge in [0.1, 0.15) is 11.4 Å². The molecule has 0 spiro atoms. The highest BCUT2D eigenvalue weighted by Crippen LogP contribution is 2.22. The average molecular weight is 389 g/mol. The Morgan fingerprint density at radius 2 is 2.21 bits per heavy atom. The highest BCUT2D eigenvalue weighted by Gasteiger charge is 2.21. The lowest BCUT2D eigenvalue weighted by Crippen LogP contribution is -2.16. The van der Waals surface area contributed by atoms with Gasteiger partial charge in [-0.25, -0.2) is 0 Å². The summed E-state index contributed by atoms with van der Waals surface area (Å²) in [7, 11) is 1.61. The number of methoxy groups -OCH3 is 1. The fraction of sp³-hybridized carbons (Fsp3) is 0.250. The number of ether oxygens (including phenoxy) is 1. The van der Waals surface area contributed by atoms with E-state index >= 15 is 0 Å². The van der Waals surface area contributed by atoms with E-state index in [9.17, 15) is 4.79 Å². The van der Waals surface area contributed by atoms with E-state index in [1.165, 1.54) is 0 Å². The lowest BCUT2D eigenvalue weighted by atomic mass is 10.2. The van der Waals surface area contributed by atoms with Gasteiger partial charge in [-0.1, -0.05) is 0 Å². The molecule has 0 radical (unpaired) electrons. The van der Waals surface area contributed by atoms with Crippen LogP contribution in [0.1, 0.15) is 16.2 Å². The van der Waals surface area contributed by atoms with Crippen LogP contribution in [-0.4, -0.2) is 34.3 Å². The van der Waals surface area contributed by atoms with Crippen molar-refractivity contribution in [3.63, 3.8) is 0 Å². The van der Waals surface area contributed by atoms with Crippen LogP contribution in [0.15, 0.2) is 33.5 Å². The van der Waals surface area contributed by atoms with E-state index in [1.54, 1.807) is 36.3 Å². The third kappa shape index (κ3) is 3.10. The molecule has 2 aromatic rings. The van der Waals surface area contributed by atoms with Gasteiger partial charge in [0.05, 0.1) is 23.8 Å². The molecule has 19 heavy (non-hydrogen) atoms. The number of ketones is 1. The molecular formula is C12H11Br2N3O2. The molecular weight excluding hydrogens is 378 g/mol. The van der Waals surface area contributed by atoms with Crippen LogP contribution in [0.5, 0.6) is 0 Å². The zero-order chi connectivity index (χ0) is 13.8. The van der Waals surface area contributed by atoms with Crippen molar-refractivity contribution >= 4 is 37.6 Å². The van der Waals surface area contributed by atoms with E-state index in [-0.39, 0.29) is 5.78 Å². The van der Waals surface area contributed by atoms with Gasteiger partial charge in [-0.2, -0.15) is 5.10 Å². The summed E-state index contributed by atoms with van der Waals surface area (Å²) in [6, 6.07) is 3.54. The molecule has 0 bridgehead atoms. The molecule has 0 aromatic carbocycles. The zero-order valence-electron chi connectivity index (χ0n) is 10.1. The summed E-state index contributed by atoms with van der Waals surface area (Å²) in [6.45, 7) is 0.991. The smallest absolute Gasteiger partial charge is 0.231 e. The van der Waals surface area contributed by atoms with Crippen LogP contribution >= 0.6 is 31.9 Å². The van der Waals surface area contributed by atoms with Crippen LogP contribution in [0.4, 0.5) is 0 Å². The van der Waals surface area contributed by atoms with Crippen molar-refractivity contribution in [2.75, 3.05) is 13.7 Å². The second kappa shape index (κ2) is 6.40. The Kier molecular flexibility index (Phi) is 4.84. The molecule has 2 rings (SSSR count). The molecule has 0 aliphatic carbocycles. The number of rotatable bonds is 5. The summed E-state index contributed by atoms with van der Waals surface area (Å²) in [4.78, 5) is 16.6. The Morgan fingerprint density at radius 3 is 2.89 bits per heavy atom. The fourth-order valence-electron chi connectivity index (χ4n) is 1.60. The number of nitrogens with zero attached hydrogens (tertiary/aromatic N) is 3. The molecule has 100 valence electrons. The number of aromatic nitrogens is 3. The quantitative estimate of drug-likeness (QED) is 0.739. The molecule has 5 nitrogen and oxygen atoms in total. The number of carbonyl (C=O) groups excluding carboxylic acids is 1. The highest BCUT2D eigenvalue weighted by atomic mass is 79.9. The standard InChI is InChI=1S/C12H11Br2N3O2/c1-19-6-5-17-11(9(14)7-16-17)12(18)10-8(13)3-2-4-15-10/h2-4,7H,5-6H2,1H3. The maximum Gasteiger partial charge on any atom is 0.231 e. The number of carbonyl (C=O) groups is 1. The second-order valence-corrected chi connectivity index (χ2v) is 5.43. The van der Waals surface area contributed by atoms with Crippen LogP contribution < -0.4 is 0 Å². The first kappa shape index (κ1) is 14.4. The van der Waals surface area contributed by atoms with Crippen molar-refractivity contribution in [1.82, 2.24) is 14.8 Å². The average Bonchev–Trinajstić information content (AvgIpc) is 2.77. The minimum atomic E-state index is -0.187. The fourth-order valence-corrected chi connectivity index (χ4v) is 2.51. The van der Waals surface area contributed by atoms with Crippen molar-refractivity contribution in [2.24, 2.45) is 0 Å². The van der Waals surface area contributed by atoms with Crippen LogP contribution in [0, 0.1) is 0 Å². The van der Waals surface area contributed by atoms with Gasteiger partial charge in [-0.3, -0.25) is 14.5 Å². The number of halogens is 2. The molecule has 7 heteroatoms. The second-order valence-electron chi connectivity index (χ2n) is 3.72. The lowest BCUT2D eigenvalue weighted by molar-refractivity contribution is 0.101. The van der Waals surface area contributed by atoms with Gasteiger partial charge in [-0.05, 0) is 44.0 Å². The molecule has 0 aliphatic heterocycles. The molecule has 0 fully saturated rings. The molecule has 2 heterocycles. The first-order valence-electron chi connectivity index (χ1n) is 5.50. The first-order chi connectivity index (χ1) is 9.15. The molecule has 0 saturated carbocycles. The summed E-state index contributed by atoms with van der Waals surface area (Å²) in [5, 5.41) is 4.16. The maximum absolute atomic E-state index is 12.5. The van der Waals surface area contributed by atoms with E-state index in [4.69, 9.17) is 4.74 Å². The zero-order valence-corrected chi connectivity index (χ0v) is 13.3. The van der Waals surface area contributed by atoms with Gasteiger partial charge in [0, 0.05) is 17.8 Å². The SMILES string of the molecule is COCCn1ncc(Br)c1C(=O)c1ncccc1Br. The minimum absolute atomic E-state index is 0.187. The Hall–Kier alpha value is -1.05. The summed E-state index contributed by atoms with van der Waals surface area (Å²) < 4.78 is 7.92. The van der Waals surface area contributed by atoms with E-state index in [0.29, 0.717) is 33.5 Å². The number of hydrogen-bond donors (Lipinski definition) is 0. The summed E-state index contributed by atoms with van der Waals surface area (Å²) in [5.74, 6) is -0.187. The summed E-state index contributed by atoms with van der Waals surface area (Å²) in [5.41, 5.74) is 0.832. The van der Waals surface area contributed by atoms with Gasteiger partial charge >= 0.3 is 0 Å². The van der Waals surface area contributed by atoms with Crippen LogP contribution in [-0.2, 0) is 11.3 Å². The molecule has 0 N–H and O–H groups in total. The largest absolute Gasteiger partial charge is 0.383 e. The van der Waals surface area contributed by atoms with Gasteiger partial charge < -0.3 is 4.74 Å². The molecule has 0 amide bonds. The molecule has 0 atom stereocenters. The Labute approximate surface area is 127 Å². The monoisotopic (exact) mass is 387 g/mol. The van der Waals surface area contributed by atoms with E-state index in [1.807, 2.05) is 0 Å². The van der Waals surface area contributed by atoms with Crippen molar-refractivity contribution in [3.05, 3.63) is 44.9 Å². The topological polar surface area (TPSA) is 57.0 Å². The third-order valence-corrected chi connectivity index (χ3v) is 3.71. The van der Waals surface area contributed by atoms with Crippen molar-refractivity contribution in [3.8, 4) is 0 Å². The van der Waals surface area contributed by atoms with Crippen molar-refractivity contribution in [2.45, 2.75) is 6.54 Å². The Balaban J connectivity index is 2.39. The number of pyridine rings is 1. The Bertz CT molecular complexity index is 598. The molecule has 0 aliphatic rings. The van der Waals surface area contributed by atoms with E-state index in [0.717, 1.165) is 0 Å². The third-order valence-electron chi connectivity index (χ3n) is 2.49. The first-order valence-corrected chi connectivity index (χ1v) is 7.09. The predicted molar refractivity (Wildman–Crippen MR) is 77.2 cm³/mol. The maximum atomic E-state index is 12.5. The van der Waals surface area contributed by atoms with E-state index < -0.39 is 0 Å². The number of hydrogen-bond acceptors (Lipinski definition) is 4. The highest BCUT2D eigenvalue weighted by molar-refractivity contribution is 9.10. The van der Waals surface area contributed by atoms with Gasteiger partial charge in [0.15, 0.2) is 0 Å². The summed E-state index contributed by atoms with van der Waals surface area (Å²) >= 11 is 6.67. The van der Waals surface area contributed by atoms with Crippen molar-refractivity contribution < 1.29 is 9.53 Å². The lowest BCUT2D eigenvalue weighted by Gasteiger charge is -2.07. The van der Waals surface area contributed by atoms with Gasteiger partial charge in [-0.15, -0.1) is 0 Å².